The summed E-state index contributed by atoms with van der Waals surface area (Å²) in [4.78, 5) is 38.2. The summed E-state index contributed by atoms with van der Waals surface area (Å²) in [7, 11) is 1.51. The van der Waals surface area contributed by atoms with Crippen LogP contribution in [0.3, 0.4) is 0 Å². The fourth-order valence-electron chi connectivity index (χ4n) is 2.41. The first-order valence-corrected chi connectivity index (χ1v) is 10.9. The number of hydrogen-bond donors (Lipinski definition) is 1. The van der Waals surface area contributed by atoms with Crippen LogP contribution in [0, 0.1) is 5.92 Å². The average Bonchev–Trinajstić information content (AvgIpc) is 2.69. The number of benzene rings is 1. The SMILES string of the molecule is CCC.CCC(C)C(NC(=O)OC(C)(C)C)C(=O)N(C)CC(=O)OCc1ccccc1. The van der Waals surface area contributed by atoms with Gasteiger partial charge in [-0.25, -0.2) is 4.79 Å². The Labute approximate surface area is 187 Å². The van der Waals surface area contributed by atoms with E-state index in [0.717, 1.165) is 5.56 Å². The van der Waals surface area contributed by atoms with Crippen LogP contribution in [0.5, 0.6) is 0 Å². The Morgan fingerprint density at radius 1 is 1.06 bits per heavy atom. The third-order valence-electron chi connectivity index (χ3n) is 4.14. The van der Waals surface area contributed by atoms with E-state index in [1.807, 2.05) is 44.2 Å². The van der Waals surface area contributed by atoms with Gasteiger partial charge < -0.3 is 19.7 Å². The molecule has 0 fully saturated rings. The smallest absolute Gasteiger partial charge is 0.408 e. The second-order valence-electron chi connectivity index (χ2n) is 8.56. The van der Waals surface area contributed by atoms with E-state index in [2.05, 4.69) is 19.2 Å². The molecule has 0 spiro atoms. The molecule has 1 N–H and O–H groups in total. The number of amides is 2. The summed E-state index contributed by atoms with van der Waals surface area (Å²) in [5.41, 5.74) is 0.203. The van der Waals surface area contributed by atoms with Gasteiger partial charge in [0.15, 0.2) is 0 Å². The number of ether oxygens (including phenoxy) is 2. The summed E-state index contributed by atoms with van der Waals surface area (Å²) in [6, 6.07) is 8.52. The number of alkyl carbamates (subject to hydrolysis) is 1. The minimum absolute atomic E-state index is 0.122. The van der Waals surface area contributed by atoms with Gasteiger partial charge in [-0.15, -0.1) is 0 Å². The zero-order valence-corrected chi connectivity index (χ0v) is 20.4. The maximum Gasteiger partial charge on any atom is 0.408 e. The lowest BCUT2D eigenvalue weighted by atomic mass is 9.98. The molecular formula is C24H40N2O5. The molecule has 31 heavy (non-hydrogen) atoms. The molecule has 0 aromatic heterocycles. The average molecular weight is 437 g/mol. The lowest BCUT2D eigenvalue weighted by Crippen LogP contribution is -2.52. The van der Waals surface area contributed by atoms with Gasteiger partial charge in [0, 0.05) is 7.05 Å². The second-order valence-corrected chi connectivity index (χ2v) is 8.56. The molecule has 176 valence electrons. The molecule has 2 unspecified atom stereocenters. The van der Waals surface area contributed by atoms with Crippen molar-refractivity contribution < 1.29 is 23.9 Å². The summed E-state index contributed by atoms with van der Waals surface area (Å²) in [5.74, 6) is -1.00. The van der Waals surface area contributed by atoms with Gasteiger partial charge in [0.05, 0.1) is 0 Å². The molecule has 0 saturated heterocycles. The fourth-order valence-corrected chi connectivity index (χ4v) is 2.41. The van der Waals surface area contributed by atoms with Crippen molar-refractivity contribution in [3.05, 3.63) is 35.9 Å². The predicted molar refractivity (Wildman–Crippen MR) is 122 cm³/mol. The van der Waals surface area contributed by atoms with Gasteiger partial charge in [0.25, 0.3) is 0 Å². The standard InChI is InChI=1S/C21H32N2O5.C3H8/c1-7-15(2)18(22-20(26)28-21(3,4)5)19(25)23(6)13-17(24)27-14-16-11-9-8-10-12-16;1-3-2/h8-12,15,18H,7,13-14H2,1-6H3,(H,22,26);3H2,1-2H3. The number of nitrogens with one attached hydrogen (secondary N) is 1. The number of hydrogen-bond acceptors (Lipinski definition) is 5. The summed E-state index contributed by atoms with van der Waals surface area (Å²) in [5, 5.41) is 2.63. The molecule has 2 amide bonds. The highest BCUT2D eigenvalue weighted by Crippen LogP contribution is 2.13. The van der Waals surface area contributed by atoms with Gasteiger partial charge in [-0.1, -0.05) is 70.9 Å². The third kappa shape index (κ3) is 12.7. The normalized spacial score (nSPS) is 12.5. The topological polar surface area (TPSA) is 84.9 Å². The second kappa shape index (κ2) is 14.4. The predicted octanol–water partition coefficient (Wildman–Crippen LogP) is 4.54. The van der Waals surface area contributed by atoms with Crippen molar-refractivity contribution in [3.8, 4) is 0 Å². The van der Waals surface area contributed by atoms with Crippen molar-refractivity contribution in [3.63, 3.8) is 0 Å². The minimum Gasteiger partial charge on any atom is -0.459 e. The largest absolute Gasteiger partial charge is 0.459 e. The lowest BCUT2D eigenvalue weighted by molar-refractivity contribution is -0.150. The van der Waals surface area contributed by atoms with Crippen LogP contribution in [0.25, 0.3) is 0 Å². The number of esters is 1. The lowest BCUT2D eigenvalue weighted by Gasteiger charge is -2.29. The van der Waals surface area contributed by atoms with Crippen LogP contribution in [0.4, 0.5) is 4.79 Å². The molecule has 1 aromatic rings. The molecule has 1 aromatic carbocycles. The van der Waals surface area contributed by atoms with Crippen molar-refractivity contribution in [2.75, 3.05) is 13.6 Å². The molecule has 0 aliphatic heterocycles. The Bertz CT molecular complexity index is 670. The van der Waals surface area contributed by atoms with Crippen molar-refractivity contribution in [2.45, 2.75) is 79.6 Å². The highest BCUT2D eigenvalue weighted by molar-refractivity contribution is 5.88. The Morgan fingerprint density at radius 3 is 2.10 bits per heavy atom. The molecule has 1 rings (SSSR count). The van der Waals surface area contributed by atoms with Crippen LogP contribution in [-0.2, 0) is 25.7 Å². The highest BCUT2D eigenvalue weighted by Gasteiger charge is 2.31. The number of likely N-dealkylation sites (N-methyl/N-ethyl adjacent to an activating group) is 1. The van der Waals surface area contributed by atoms with Crippen LogP contribution in [0.15, 0.2) is 30.3 Å². The van der Waals surface area contributed by atoms with Crippen molar-refractivity contribution in [1.82, 2.24) is 10.2 Å². The first kappa shape index (κ1) is 28.4. The zero-order valence-electron chi connectivity index (χ0n) is 20.4. The zero-order chi connectivity index (χ0) is 24.0. The van der Waals surface area contributed by atoms with Crippen LogP contribution >= 0.6 is 0 Å². The highest BCUT2D eigenvalue weighted by atomic mass is 16.6. The van der Waals surface area contributed by atoms with Gasteiger partial charge in [-0.3, -0.25) is 9.59 Å². The molecule has 0 radical (unpaired) electrons. The molecule has 2 atom stereocenters. The summed E-state index contributed by atoms with van der Waals surface area (Å²) < 4.78 is 10.5. The van der Waals surface area contributed by atoms with Gasteiger partial charge in [0.2, 0.25) is 5.91 Å². The molecule has 0 saturated carbocycles. The van der Waals surface area contributed by atoms with Crippen LogP contribution < -0.4 is 5.32 Å². The monoisotopic (exact) mass is 436 g/mol. The van der Waals surface area contributed by atoms with E-state index >= 15 is 0 Å². The van der Waals surface area contributed by atoms with Crippen molar-refractivity contribution >= 4 is 18.0 Å². The van der Waals surface area contributed by atoms with Crippen LogP contribution in [0.1, 0.15) is 66.9 Å². The molecule has 0 heterocycles. The van der Waals surface area contributed by atoms with Crippen LogP contribution in [0.2, 0.25) is 0 Å². The van der Waals surface area contributed by atoms with Gasteiger partial charge in [-0.05, 0) is 32.3 Å². The quantitative estimate of drug-likeness (QED) is 0.605. The summed E-state index contributed by atoms with van der Waals surface area (Å²) in [6.07, 6.45) is 1.27. The third-order valence-corrected chi connectivity index (χ3v) is 4.14. The summed E-state index contributed by atoms with van der Waals surface area (Å²) in [6.45, 7) is 13.2. The van der Waals surface area contributed by atoms with E-state index in [-0.39, 0.29) is 25.0 Å². The minimum atomic E-state index is -0.785. The molecule has 0 aliphatic carbocycles. The maximum absolute atomic E-state index is 12.8. The molecular weight excluding hydrogens is 396 g/mol. The molecule has 7 heteroatoms. The molecule has 0 aliphatic rings. The Kier molecular flexibility index (Phi) is 13.2. The van der Waals surface area contributed by atoms with Crippen molar-refractivity contribution in [1.29, 1.82) is 0 Å². The number of rotatable bonds is 8. The van der Waals surface area contributed by atoms with Gasteiger partial charge >= 0.3 is 12.1 Å². The number of carbonyl (C=O) groups excluding carboxylic acids is 3. The first-order chi connectivity index (χ1) is 14.4. The van der Waals surface area contributed by atoms with E-state index < -0.39 is 23.7 Å². The van der Waals surface area contributed by atoms with E-state index in [9.17, 15) is 14.4 Å². The van der Waals surface area contributed by atoms with Gasteiger partial charge in [0.1, 0.15) is 24.8 Å². The van der Waals surface area contributed by atoms with E-state index in [4.69, 9.17) is 9.47 Å². The summed E-state index contributed by atoms with van der Waals surface area (Å²) >= 11 is 0. The Morgan fingerprint density at radius 2 is 1.61 bits per heavy atom. The Balaban J connectivity index is 0.00000282. The van der Waals surface area contributed by atoms with Crippen LogP contribution in [-0.4, -0.2) is 48.1 Å². The number of nitrogens with zero attached hydrogens (tertiary/aromatic N) is 1. The number of carbonyl (C=O) groups is 3. The maximum atomic E-state index is 12.8. The molecule has 7 nitrogen and oxygen atoms in total. The van der Waals surface area contributed by atoms with E-state index in [0.29, 0.717) is 6.42 Å². The fraction of sp³-hybridized carbons (Fsp3) is 0.625. The molecule has 0 bridgehead atoms. The van der Waals surface area contributed by atoms with E-state index in [1.165, 1.54) is 18.4 Å². The van der Waals surface area contributed by atoms with E-state index in [1.54, 1.807) is 20.8 Å². The van der Waals surface area contributed by atoms with Gasteiger partial charge in [-0.2, -0.15) is 0 Å². The van der Waals surface area contributed by atoms with Crippen molar-refractivity contribution in [2.24, 2.45) is 5.92 Å². The first-order valence-electron chi connectivity index (χ1n) is 10.9. The Hall–Kier alpha value is -2.57.